The molecule has 2 amide bonds. The van der Waals surface area contributed by atoms with Crippen molar-refractivity contribution in [3.05, 3.63) is 35.9 Å². The van der Waals surface area contributed by atoms with E-state index >= 15 is 0 Å². The molecule has 0 saturated carbocycles. The highest BCUT2D eigenvalue weighted by Gasteiger charge is 2.30. The van der Waals surface area contributed by atoms with E-state index < -0.39 is 23.4 Å². The molecule has 0 unspecified atom stereocenters. The van der Waals surface area contributed by atoms with Gasteiger partial charge in [-0.3, -0.25) is 0 Å². The Morgan fingerprint density at radius 1 is 0.870 bits per heavy atom. The van der Waals surface area contributed by atoms with Crippen LogP contribution in [0, 0.1) is 0 Å². The first-order valence-electron chi connectivity index (χ1n) is 7.75. The average molecular weight is 321 g/mol. The van der Waals surface area contributed by atoms with Crippen molar-refractivity contribution in [2.24, 2.45) is 0 Å². The van der Waals surface area contributed by atoms with Crippen LogP contribution >= 0.6 is 0 Å². The molecule has 23 heavy (non-hydrogen) atoms. The highest BCUT2D eigenvalue weighted by Crippen LogP contribution is 2.15. The standard InChI is InChI=1S/C18H27NO4/c1-17(2,3)22-15(20)19(16(21)23-18(4,5)6)13-12-14-10-8-7-9-11-14/h7-11H,12-13H2,1-6H3. The molecule has 0 spiro atoms. The first-order chi connectivity index (χ1) is 10.5. The van der Waals surface area contributed by atoms with E-state index in [0.29, 0.717) is 6.42 Å². The third kappa shape index (κ3) is 7.68. The first kappa shape index (κ1) is 19.0. The molecule has 5 heteroatoms. The van der Waals surface area contributed by atoms with Crippen LogP contribution in [0.1, 0.15) is 47.1 Å². The van der Waals surface area contributed by atoms with Crippen molar-refractivity contribution in [1.29, 1.82) is 0 Å². The predicted molar refractivity (Wildman–Crippen MR) is 89.3 cm³/mol. The molecule has 0 bridgehead atoms. The van der Waals surface area contributed by atoms with E-state index in [9.17, 15) is 9.59 Å². The molecule has 0 saturated heterocycles. The second kappa shape index (κ2) is 7.49. The fourth-order valence-electron chi connectivity index (χ4n) is 1.78. The molecule has 0 heterocycles. The maximum absolute atomic E-state index is 12.3. The van der Waals surface area contributed by atoms with Crippen LogP contribution in [0.25, 0.3) is 0 Å². The molecule has 0 atom stereocenters. The summed E-state index contributed by atoms with van der Waals surface area (Å²) in [6.45, 7) is 10.8. The number of benzene rings is 1. The lowest BCUT2D eigenvalue weighted by molar-refractivity contribution is 0.00172. The summed E-state index contributed by atoms with van der Waals surface area (Å²) in [5.41, 5.74) is -0.321. The summed E-state index contributed by atoms with van der Waals surface area (Å²) in [6.07, 6.45) is -0.843. The molecule has 1 aromatic rings. The summed E-state index contributed by atoms with van der Waals surface area (Å²) >= 11 is 0. The number of hydrogen-bond donors (Lipinski definition) is 0. The van der Waals surface area contributed by atoms with Gasteiger partial charge in [0.2, 0.25) is 0 Å². The molecule has 0 N–H and O–H groups in total. The summed E-state index contributed by atoms with van der Waals surface area (Å²) < 4.78 is 10.6. The zero-order chi connectivity index (χ0) is 17.7. The number of carbonyl (C=O) groups is 2. The molecule has 0 aromatic heterocycles. The van der Waals surface area contributed by atoms with Gasteiger partial charge in [-0.1, -0.05) is 30.3 Å². The fourth-order valence-corrected chi connectivity index (χ4v) is 1.78. The number of nitrogens with zero attached hydrogens (tertiary/aromatic N) is 1. The van der Waals surface area contributed by atoms with Gasteiger partial charge < -0.3 is 9.47 Å². The second-order valence-electron chi connectivity index (χ2n) is 7.35. The zero-order valence-electron chi connectivity index (χ0n) is 14.9. The molecule has 0 radical (unpaired) electrons. The summed E-state index contributed by atoms with van der Waals surface area (Å²) in [5, 5.41) is 0. The summed E-state index contributed by atoms with van der Waals surface area (Å²) in [7, 11) is 0. The van der Waals surface area contributed by atoms with Crippen LogP contribution in [-0.2, 0) is 15.9 Å². The highest BCUT2D eigenvalue weighted by molar-refractivity contribution is 5.88. The van der Waals surface area contributed by atoms with Gasteiger partial charge in [-0.2, -0.15) is 0 Å². The lowest BCUT2D eigenvalue weighted by atomic mass is 10.1. The molecule has 128 valence electrons. The number of rotatable bonds is 3. The van der Waals surface area contributed by atoms with E-state index in [0.717, 1.165) is 10.5 Å². The van der Waals surface area contributed by atoms with Gasteiger partial charge >= 0.3 is 12.2 Å². The lowest BCUT2D eigenvalue weighted by Gasteiger charge is -2.28. The molecule has 0 aliphatic carbocycles. The van der Waals surface area contributed by atoms with Crippen molar-refractivity contribution < 1.29 is 19.1 Å². The molecule has 0 fully saturated rings. The lowest BCUT2D eigenvalue weighted by Crippen LogP contribution is -2.44. The Balaban J connectivity index is 2.83. The Morgan fingerprint density at radius 3 is 1.70 bits per heavy atom. The number of ether oxygens (including phenoxy) is 2. The topological polar surface area (TPSA) is 55.8 Å². The molecule has 1 rings (SSSR count). The van der Waals surface area contributed by atoms with E-state index in [1.165, 1.54) is 0 Å². The molecule has 0 aliphatic rings. The van der Waals surface area contributed by atoms with E-state index in [4.69, 9.17) is 9.47 Å². The van der Waals surface area contributed by atoms with Crippen LogP contribution in [0.5, 0.6) is 0 Å². The largest absolute Gasteiger partial charge is 0.443 e. The van der Waals surface area contributed by atoms with E-state index in [-0.39, 0.29) is 6.54 Å². The van der Waals surface area contributed by atoms with Gasteiger partial charge in [0.15, 0.2) is 0 Å². The zero-order valence-corrected chi connectivity index (χ0v) is 14.9. The Kier molecular flexibility index (Phi) is 6.19. The van der Waals surface area contributed by atoms with E-state index in [2.05, 4.69) is 0 Å². The SMILES string of the molecule is CC(C)(C)OC(=O)N(CCc1ccccc1)C(=O)OC(C)(C)C. The van der Waals surface area contributed by atoms with Crippen LogP contribution in [-0.4, -0.2) is 34.8 Å². The molecule has 0 aliphatic heterocycles. The van der Waals surface area contributed by atoms with Gasteiger partial charge in [0.05, 0.1) is 0 Å². The van der Waals surface area contributed by atoms with Crippen molar-refractivity contribution in [2.45, 2.75) is 59.2 Å². The Morgan fingerprint density at radius 2 is 1.30 bits per heavy atom. The minimum absolute atomic E-state index is 0.202. The Labute approximate surface area is 138 Å². The smallest absolute Gasteiger partial charge is 0.419 e. The number of hydrogen-bond acceptors (Lipinski definition) is 4. The molecular weight excluding hydrogens is 294 g/mol. The van der Waals surface area contributed by atoms with Crippen LogP contribution in [0.15, 0.2) is 30.3 Å². The normalized spacial score (nSPS) is 11.7. The van der Waals surface area contributed by atoms with Gasteiger partial charge in [-0.25, -0.2) is 14.5 Å². The maximum Gasteiger partial charge on any atom is 0.419 e. The van der Waals surface area contributed by atoms with Crippen molar-refractivity contribution in [3.63, 3.8) is 0 Å². The molecular formula is C18H27NO4. The van der Waals surface area contributed by atoms with Gasteiger partial charge in [-0.05, 0) is 53.5 Å². The van der Waals surface area contributed by atoms with E-state index in [1.807, 2.05) is 30.3 Å². The van der Waals surface area contributed by atoms with Crippen LogP contribution in [0.3, 0.4) is 0 Å². The van der Waals surface area contributed by atoms with Crippen molar-refractivity contribution in [2.75, 3.05) is 6.54 Å². The summed E-state index contributed by atoms with van der Waals surface area (Å²) in [4.78, 5) is 25.6. The molecule has 5 nitrogen and oxygen atoms in total. The monoisotopic (exact) mass is 321 g/mol. The van der Waals surface area contributed by atoms with Gasteiger partial charge in [0.25, 0.3) is 0 Å². The number of amides is 2. The van der Waals surface area contributed by atoms with Crippen molar-refractivity contribution in [1.82, 2.24) is 4.90 Å². The Bertz CT molecular complexity index is 498. The van der Waals surface area contributed by atoms with Crippen molar-refractivity contribution >= 4 is 12.2 Å². The van der Waals surface area contributed by atoms with Gasteiger partial charge in [0, 0.05) is 6.54 Å². The highest BCUT2D eigenvalue weighted by atomic mass is 16.6. The minimum atomic E-state index is -0.692. The van der Waals surface area contributed by atoms with Crippen LogP contribution in [0.2, 0.25) is 0 Å². The third-order valence-electron chi connectivity index (χ3n) is 2.69. The van der Waals surface area contributed by atoms with Crippen LogP contribution in [0.4, 0.5) is 9.59 Å². The average Bonchev–Trinajstić information content (AvgIpc) is 2.35. The number of carbonyl (C=O) groups excluding carboxylic acids is 2. The van der Waals surface area contributed by atoms with Gasteiger partial charge in [0.1, 0.15) is 11.2 Å². The van der Waals surface area contributed by atoms with E-state index in [1.54, 1.807) is 41.5 Å². The Hall–Kier alpha value is -2.04. The predicted octanol–water partition coefficient (Wildman–Crippen LogP) is 4.40. The quantitative estimate of drug-likeness (QED) is 0.828. The maximum atomic E-state index is 12.3. The van der Waals surface area contributed by atoms with Crippen molar-refractivity contribution in [3.8, 4) is 0 Å². The third-order valence-corrected chi connectivity index (χ3v) is 2.69. The summed E-state index contributed by atoms with van der Waals surface area (Å²) in [6, 6.07) is 9.65. The second-order valence-corrected chi connectivity index (χ2v) is 7.35. The first-order valence-corrected chi connectivity index (χ1v) is 7.75. The number of imide groups is 1. The summed E-state index contributed by atoms with van der Waals surface area (Å²) in [5.74, 6) is 0. The molecule has 1 aromatic carbocycles. The minimum Gasteiger partial charge on any atom is -0.443 e. The van der Waals surface area contributed by atoms with Crippen LogP contribution < -0.4 is 0 Å². The fraction of sp³-hybridized carbons (Fsp3) is 0.556. The van der Waals surface area contributed by atoms with Gasteiger partial charge in [-0.15, -0.1) is 0 Å².